The third-order valence-corrected chi connectivity index (χ3v) is 6.66. The van der Waals surface area contributed by atoms with E-state index in [0.29, 0.717) is 11.1 Å². The molecule has 3 aromatic heterocycles. The number of thiazole rings is 1. The summed E-state index contributed by atoms with van der Waals surface area (Å²) in [5, 5.41) is 15.8. The Morgan fingerprint density at radius 1 is 1.10 bits per heavy atom. The van der Waals surface area contributed by atoms with Gasteiger partial charge in [-0.05, 0) is 34.7 Å². The number of hydrogen-bond acceptors (Lipinski definition) is 6. The van der Waals surface area contributed by atoms with Gasteiger partial charge in [-0.1, -0.05) is 24.3 Å². The Morgan fingerprint density at radius 3 is 2.66 bits per heavy atom. The molecule has 3 heterocycles. The van der Waals surface area contributed by atoms with Crippen LogP contribution in [0.25, 0.3) is 32.1 Å². The summed E-state index contributed by atoms with van der Waals surface area (Å²) in [5.74, 6) is 0.825. The van der Waals surface area contributed by atoms with Crippen LogP contribution in [-0.2, 0) is 6.42 Å². The molecule has 0 radical (unpaired) electrons. The van der Waals surface area contributed by atoms with Crippen molar-refractivity contribution in [2.24, 2.45) is 0 Å². The van der Waals surface area contributed by atoms with Crippen LogP contribution in [0.5, 0.6) is 11.6 Å². The van der Waals surface area contributed by atoms with Gasteiger partial charge in [-0.15, -0.1) is 22.7 Å². The lowest BCUT2D eigenvalue weighted by molar-refractivity contribution is 0.417. The zero-order chi connectivity index (χ0) is 20.0. The smallest absolute Gasteiger partial charge is 0.266 e. The van der Waals surface area contributed by atoms with Crippen molar-refractivity contribution in [2.45, 2.75) is 6.42 Å². The number of aromatic hydroxyl groups is 1. The predicted molar refractivity (Wildman–Crippen MR) is 119 cm³/mol. The summed E-state index contributed by atoms with van der Waals surface area (Å²) in [6.07, 6.45) is 0.667. The molecular formula is C22H16N2O3S2. The van der Waals surface area contributed by atoms with Crippen molar-refractivity contribution in [2.75, 3.05) is 7.11 Å². The monoisotopic (exact) mass is 420 g/mol. The molecule has 2 N–H and O–H groups in total. The molecule has 144 valence electrons. The van der Waals surface area contributed by atoms with Crippen LogP contribution in [0.3, 0.4) is 0 Å². The van der Waals surface area contributed by atoms with Crippen molar-refractivity contribution in [3.05, 3.63) is 74.1 Å². The molecule has 0 aliphatic rings. The standard InChI is InChI=1S/C22H16N2O3S2/c1-27-16-7-6-15-20(14-8-9-28-21(14)22(26)23-15)19(16)13-4-2-12(3-5-13)10-18-24-17(25)11-29-18/h2-9,11,25H,10H2,1H3,(H,23,26). The van der Waals surface area contributed by atoms with Gasteiger partial charge in [-0.3, -0.25) is 4.79 Å². The number of methoxy groups -OCH3 is 1. The number of nitrogens with zero attached hydrogens (tertiary/aromatic N) is 1. The summed E-state index contributed by atoms with van der Waals surface area (Å²) < 4.78 is 6.38. The molecule has 0 fully saturated rings. The topological polar surface area (TPSA) is 75.2 Å². The molecule has 5 nitrogen and oxygen atoms in total. The number of aromatic amines is 1. The summed E-state index contributed by atoms with van der Waals surface area (Å²) in [6.45, 7) is 0. The molecule has 5 rings (SSSR count). The van der Waals surface area contributed by atoms with Crippen LogP contribution in [0.4, 0.5) is 0 Å². The summed E-state index contributed by atoms with van der Waals surface area (Å²) >= 11 is 2.88. The molecule has 0 amide bonds. The molecule has 0 aliphatic carbocycles. The number of fused-ring (bicyclic) bond motifs is 3. The first-order chi connectivity index (χ1) is 14.1. The maximum Gasteiger partial charge on any atom is 0.266 e. The van der Waals surface area contributed by atoms with E-state index >= 15 is 0 Å². The third kappa shape index (κ3) is 3.08. The number of ether oxygens (including phenoxy) is 1. The lowest BCUT2D eigenvalue weighted by Gasteiger charge is -2.14. The molecule has 0 bridgehead atoms. The van der Waals surface area contributed by atoms with Crippen LogP contribution >= 0.6 is 22.7 Å². The summed E-state index contributed by atoms with van der Waals surface area (Å²) in [4.78, 5) is 19.5. The lowest BCUT2D eigenvalue weighted by Crippen LogP contribution is -2.05. The van der Waals surface area contributed by atoms with Crippen molar-refractivity contribution < 1.29 is 9.84 Å². The first kappa shape index (κ1) is 17.9. The van der Waals surface area contributed by atoms with Crippen molar-refractivity contribution in [1.29, 1.82) is 0 Å². The highest BCUT2D eigenvalue weighted by atomic mass is 32.1. The molecule has 0 saturated heterocycles. The van der Waals surface area contributed by atoms with Gasteiger partial charge in [0.2, 0.25) is 5.88 Å². The van der Waals surface area contributed by atoms with Gasteiger partial charge >= 0.3 is 0 Å². The highest BCUT2D eigenvalue weighted by Crippen LogP contribution is 2.40. The number of thiophene rings is 1. The second-order valence-electron chi connectivity index (χ2n) is 6.66. The Hall–Kier alpha value is -3.16. The highest BCUT2D eigenvalue weighted by Gasteiger charge is 2.16. The van der Waals surface area contributed by atoms with Gasteiger partial charge in [0, 0.05) is 28.3 Å². The Morgan fingerprint density at radius 2 is 1.93 bits per heavy atom. The van der Waals surface area contributed by atoms with E-state index in [1.54, 1.807) is 12.5 Å². The summed E-state index contributed by atoms with van der Waals surface area (Å²) in [5.41, 5.74) is 3.80. The Kier molecular flexibility index (Phi) is 4.34. The molecule has 5 aromatic rings. The van der Waals surface area contributed by atoms with E-state index in [4.69, 9.17) is 4.74 Å². The van der Waals surface area contributed by atoms with E-state index in [2.05, 4.69) is 34.2 Å². The fraction of sp³-hybridized carbons (Fsp3) is 0.0909. The fourth-order valence-corrected chi connectivity index (χ4v) is 5.12. The number of benzene rings is 2. The van der Waals surface area contributed by atoms with Gasteiger partial charge in [-0.2, -0.15) is 0 Å². The van der Waals surface area contributed by atoms with Crippen LogP contribution in [0.2, 0.25) is 0 Å². The maximum atomic E-state index is 12.4. The first-order valence-electron chi connectivity index (χ1n) is 8.97. The molecular weight excluding hydrogens is 404 g/mol. The quantitative estimate of drug-likeness (QED) is 0.421. The SMILES string of the molecule is COc1ccc2[nH]c(=O)c3sccc3c2c1-c1ccc(Cc2nc(O)cs2)cc1. The van der Waals surface area contributed by atoms with E-state index in [1.807, 2.05) is 23.6 Å². The van der Waals surface area contributed by atoms with Gasteiger partial charge in [0.25, 0.3) is 5.56 Å². The molecule has 0 atom stereocenters. The molecule has 2 aromatic carbocycles. The minimum atomic E-state index is -0.0688. The number of nitrogens with one attached hydrogen (secondary N) is 1. The van der Waals surface area contributed by atoms with E-state index in [9.17, 15) is 9.90 Å². The van der Waals surface area contributed by atoms with Crippen molar-refractivity contribution in [3.63, 3.8) is 0 Å². The lowest BCUT2D eigenvalue weighted by atomic mass is 9.96. The fourth-order valence-electron chi connectivity index (χ4n) is 3.63. The average Bonchev–Trinajstić information content (AvgIpc) is 3.37. The van der Waals surface area contributed by atoms with Crippen molar-refractivity contribution in [1.82, 2.24) is 9.97 Å². The number of rotatable bonds is 4. The molecule has 0 saturated carbocycles. The van der Waals surface area contributed by atoms with E-state index in [1.165, 1.54) is 22.7 Å². The minimum absolute atomic E-state index is 0.0656. The highest BCUT2D eigenvalue weighted by molar-refractivity contribution is 7.17. The number of hydrogen-bond donors (Lipinski definition) is 2. The van der Waals surface area contributed by atoms with E-state index in [-0.39, 0.29) is 11.4 Å². The van der Waals surface area contributed by atoms with Crippen LogP contribution in [0.1, 0.15) is 10.6 Å². The summed E-state index contributed by atoms with van der Waals surface area (Å²) in [7, 11) is 1.66. The Balaban J connectivity index is 1.67. The van der Waals surface area contributed by atoms with Gasteiger partial charge in [0.05, 0.1) is 12.5 Å². The van der Waals surface area contributed by atoms with Gasteiger partial charge in [-0.25, -0.2) is 4.98 Å². The minimum Gasteiger partial charge on any atom is -0.496 e. The van der Waals surface area contributed by atoms with Crippen LogP contribution in [0.15, 0.2) is 58.0 Å². The largest absolute Gasteiger partial charge is 0.496 e. The second kappa shape index (κ2) is 7.02. The van der Waals surface area contributed by atoms with E-state index < -0.39 is 0 Å². The zero-order valence-corrected chi connectivity index (χ0v) is 17.1. The molecule has 7 heteroatoms. The Labute approximate surface area is 173 Å². The number of H-pyrrole nitrogens is 1. The first-order valence-corrected chi connectivity index (χ1v) is 10.7. The number of pyridine rings is 1. The molecule has 0 unspecified atom stereocenters. The van der Waals surface area contributed by atoms with Crippen molar-refractivity contribution >= 4 is 43.7 Å². The van der Waals surface area contributed by atoms with Crippen LogP contribution in [0, 0.1) is 0 Å². The average molecular weight is 421 g/mol. The normalized spacial score (nSPS) is 11.3. The molecule has 0 aliphatic heterocycles. The van der Waals surface area contributed by atoms with Crippen LogP contribution in [-0.4, -0.2) is 22.2 Å². The van der Waals surface area contributed by atoms with Crippen LogP contribution < -0.4 is 10.3 Å². The van der Waals surface area contributed by atoms with Crippen molar-refractivity contribution in [3.8, 4) is 22.8 Å². The summed E-state index contributed by atoms with van der Waals surface area (Å²) in [6, 6.07) is 14.0. The zero-order valence-electron chi connectivity index (χ0n) is 15.4. The Bertz CT molecular complexity index is 1400. The molecule has 0 spiro atoms. The van der Waals surface area contributed by atoms with Gasteiger partial charge < -0.3 is 14.8 Å². The van der Waals surface area contributed by atoms with Gasteiger partial charge in [0.15, 0.2) is 0 Å². The maximum absolute atomic E-state index is 12.4. The van der Waals surface area contributed by atoms with E-state index in [0.717, 1.165) is 43.7 Å². The third-order valence-electron chi connectivity index (χ3n) is 4.91. The van der Waals surface area contributed by atoms with Gasteiger partial charge in [0.1, 0.15) is 15.5 Å². The molecule has 29 heavy (non-hydrogen) atoms. The number of aromatic nitrogens is 2. The predicted octanol–water partition coefficient (Wildman–Crippen LogP) is 5.17. The second-order valence-corrected chi connectivity index (χ2v) is 8.51.